The van der Waals surface area contributed by atoms with Gasteiger partial charge >= 0.3 is 0 Å². The predicted octanol–water partition coefficient (Wildman–Crippen LogP) is 2.76. The zero-order valence-corrected chi connectivity index (χ0v) is 17.1. The fourth-order valence-electron chi connectivity index (χ4n) is 2.54. The van der Waals surface area contributed by atoms with Gasteiger partial charge in [0, 0.05) is 32.1 Å². The van der Waals surface area contributed by atoms with Gasteiger partial charge in [0.15, 0.2) is 5.96 Å². The second-order valence-electron chi connectivity index (χ2n) is 6.32. The highest BCUT2D eigenvalue weighted by Crippen LogP contribution is 2.10. The van der Waals surface area contributed by atoms with Crippen LogP contribution in [0.1, 0.15) is 32.3 Å². The fraction of sp³-hybridized carbons (Fsp3) is 0.524. The molecule has 0 aliphatic heterocycles. The summed E-state index contributed by atoms with van der Waals surface area (Å²) in [4.78, 5) is 4.66. The highest BCUT2D eigenvalue weighted by Gasteiger charge is 2.00. The van der Waals surface area contributed by atoms with Crippen LogP contribution in [0, 0.1) is 0 Å². The molecule has 1 heterocycles. The number of aromatic nitrogens is 2. The molecule has 1 aromatic carbocycles. The molecule has 28 heavy (non-hydrogen) atoms. The molecule has 0 spiro atoms. The first-order valence-electron chi connectivity index (χ1n) is 10.1. The minimum absolute atomic E-state index is 0.594. The van der Waals surface area contributed by atoms with E-state index in [2.05, 4.69) is 46.7 Å². The lowest BCUT2D eigenvalue weighted by atomic mass is 10.2. The Morgan fingerprint density at radius 2 is 1.93 bits per heavy atom. The largest absolute Gasteiger partial charge is 0.379 e. The predicted molar refractivity (Wildman–Crippen MR) is 113 cm³/mol. The van der Waals surface area contributed by atoms with Gasteiger partial charge in [-0.3, -0.25) is 0 Å². The van der Waals surface area contributed by atoms with E-state index in [0.29, 0.717) is 32.9 Å². The molecule has 7 nitrogen and oxygen atoms in total. The quantitative estimate of drug-likeness (QED) is 0.314. The van der Waals surface area contributed by atoms with Gasteiger partial charge < -0.3 is 20.1 Å². The first-order valence-corrected chi connectivity index (χ1v) is 10.1. The Morgan fingerprint density at radius 1 is 1.07 bits per heavy atom. The van der Waals surface area contributed by atoms with Crippen molar-refractivity contribution in [3.8, 4) is 5.69 Å². The van der Waals surface area contributed by atoms with Gasteiger partial charge in [0.25, 0.3) is 0 Å². The number of unbranched alkanes of at least 4 members (excludes halogenated alkanes) is 1. The van der Waals surface area contributed by atoms with Crippen molar-refractivity contribution < 1.29 is 9.47 Å². The van der Waals surface area contributed by atoms with Crippen molar-refractivity contribution in [2.45, 2.75) is 33.2 Å². The van der Waals surface area contributed by atoms with Crippen LogP contribution in [0.3, 0.4) is 0 Å². The summed E-state index contributed by atoms with van der Waals surface area (Å²) in [6.45, 7) is 9.04. The summed E-state index contributed by atoms with van der Waals surface area (Å²) in [5, 5.41) is 10.8. The molecule has 0 unspecified atom stereocenters. The summed E-state index contributed by atoms with van der Waals surface area (Å²) in [6.07, 6.45) is 5.97. The van der Waals surface area contributed by atoms with E-state index in [-0.39, 0.29) is 0 Å². The lowest BCUT2D eigenvalue weighted by Gasteiger charge is -2.12. The number of nitrogens with one attached hydrogen (secondary N) is 2. The van der Waals surface area contributed by atoms with E-state index in [4.69, 9.17) is 9.47 Å². The fourth-order valence-corrected chi connectivity index (χ4v) is 2.54. The van der Waals surface area contributed by atoms with Gasteiger partial charge in [-0.2, -0.15) is 5.10 Å². The van der Waals surface area contributed by atoms with E-state index < -0.39 is 0 Å². The molecular formula is C21H33N5O2. The van der Waals surface area contributed by atoms with Gasteiger partial charge in [0.1, 0.15) is 0 Å². The Labute approximate surface area is 168 Å². The number of hydrogen-bond acceptors (Lipinski definition) is 4. The van der Waals surface area contributed by atoms with Crippen LogP contribution in [0.15, 0.2) is 47.7 Å². The lowest BCUT2D eigenvalue weighted by Crippen LogP contribution is -2.39. The number of hydrogen-bond donors (Lipinski definition) is 2. The van der Waals surface area contributed by atoms with Crippen LogP contribution in [0.2, 0.25) is 0 Å². The van der Waals surface area contributed by atoms with Crippen LogP contribution in [-0.2, 0) is 16.0 Å². The molecule has 0 aliphatic carbocycles. The Hall–Kier alpha value is -2.38. The van der Waals surface area contributed by atoms with Crippen molar-refractivity contribution >= 4 is 5.96 Å². The lowest BCUT2D eigenvalue weighted by molar-refractivity contribution is 0.0487. The van der Waals surface area contributed by atoms with Crippen LogP contribution < -0.4 is 10.6 Å². The third-order valence-electron chi connectivity index (χ3n) is 4.00. The Kier molecular flexibility index (Phi) is 10.8. The summed E-state index contributed by atoms with van der Waals surface area (Å²) in [5.41, 5.74) is 2.16. The molecule has 2 rings (SSSR count). The third kappa shape index (κ3) is 8.54. The van der Waals surface area contributed by atoms with Crippen LogP contribution in [-0.4, -0.2) is 55.3 Å². The zero-order valence-electron chi connectivity index (χ0n) is 17.1. The summed E-state index contributed by atoms with van der Waals surface area (Å²) in [7, 11) is 0. The van der Waals surface area contributed by atoms with Crippen molar-refractivity contribution in [1.82, 2.24) is 20.4 Å². The van der Waals surface area contributed by atoms with Crippen molar-refractivity contribution in [3.05, 3.63) is 48.3 Å². The van der Waals surface area contributed by atoms with Crippen LogP contribution in [0.5, 0.6) is 0 Å². The van der Waals surface area contributed by atoms with E-state index in [9.17, 15) is 0 Å². The maximum absolute atomic E-state index is 5.58. The van der Waals surface area contributed by atoms with Crippen molar-refractivity contribution in [3.63, 3.8) is 0 Å². The average molecular weight is 388 g/mol. The van der Waals surface area contributed by atoms with Crippen LogP contribution >= 0.6 is 0 Å². The van der Waals surface area contributed by atoms with Crippen molar-refractivity contribution in [2.75, 3.05) is 39.5 Å². The first kappa shape index (κ1) is 21.9. The summed E-state index contributed by atoms with van der Waals surface area (Å²) in [5.74, 6) is 0.787. The SMILES string of the molecule is CCCCOCCOCCNC(=NCc1cccc(-n2cccn2)c1)NCC. The second kappa shape index (κ2) is 13.7. The highest BCUT2D eigenvalue weighted by atomic mass is 16.5. The summed E-state index contributed by atoms with van der Waals surface area (Å²) >= 11 is 0. The molecule has 0 saturated heterocycles. The summed E-state index contributed by atoms with van der Waals surface area (Å²) < 4.78 is 12.9. The van der Waals surface area contributed by atoms with Gasteiger partial charge in [-0.25, -0.2) is 9.67 Å². The molecule has 2 N–H and O–H groups in total. The second-order valence-corrected chi connectivity index (χ2v) is 6.32. The maximum Gasteiger partial charge on any atom is 0.191 e. The van der Waals surface area contributed by atoms with E-state index in [1.54, 1.807) is 6.20 Å². The molecule has 0 radical (unpaired) electrons. The number of rotatable bonds is 13. The minimum atomic E-state index is 0.594. The Morgan fingerprint density at radius 3 is 2.68 bits per heavy atom. The first-order chi connectivity index (χ1) is 13.8. The van der Waals surface area contributed by atoms with Crippen molar-refractivity contribution in [1.29, 1.82) is 0 Å². The minimum Gasteiger partial charge on any atom is -0.379 e. The molecule has 0 fully saturated rings. The smallest absolute Gasteiger partial charge is 0.191 e. The Bertz CT molecular complexity index is 673. The zero-order chi connectivity index (χ0) is 19.9. The number of nitrogens with zero attached hydrogens (tertiary/aromatic N) is 3. The molecule has 1 aromatic heterocycles. The molecule has 7 heteroatoms. The average Bonchev–Trinajstić information content (AvgIpc) is 3.26. The molecule has 0 aliphatic rings. The van der Waals surface area contributed by atoms with Crippen molar-refractivity contribution in [2.24, 2.45) is 4.99 Å². The topological polar surface area (TPSA) is 72.7 Å². The molecule has 2 aromatic rings. The number of guanidine groups is 1. The maximum atomic E-state index is 5.58. The molecule has 154 valence electrons. The Balaban J connectivity index is 1.72. The van der Waals surface area contributed by atoms with Gasteiger partial charge in [-0.15, -0.1) is 0 Å². The van der Waals surface area contributed by atoms with E-state index in [0.717, 1.165) is 43.2 Å². The molecule has 0 atom stereocenters. The summed E-state index contributed by atoms with van der Waals surface area (Å²) in [6, 6.07) is 10.1. The van der Waals surface area contributed by atoms with E-state index in [1.807, 2.05) is 29.1 Å². The highest BCUT2D eigenvalue weighted by molar-refractivity contribution is 5.79. The number of aliphatic imine (C=N–C) groups is 1. The number of ether oxygens (including phenoxy) is 2. The third-order valence-corrected chi connectivity index (χ3v) is 4.00. The van der Waals surface area contributed by atoms with Gasteiger partial charge in [0.05, 0.1) is 32.1 Å². The molecule has 0 bridgehead atoms. The normalized spacial score (nSPS) is 11.6. The standard InChI is InChI=1S/C21H33N5O2/c1-3-5-13-27-15-16-28-14-11-23-21(22-4-2)24-18-19-8-6-9-20(17-19)26-12-7-10-25-26/h6-10,12,17H,3-5,11,13-16,18H2,1-2H3,(H2,22,23,24). The van der Waals surface area contributed by atoms with E-state index in [1.165, 1.54) is 0 Å². The van der Waals surface area contributed by atoms with Gasteiger partial charge in [-0.05, 0) is 37.1 Å². The molecule has 0 amide bonds. The van der Waals surface area contributed by atoms with Crippen LogP contribution in [0.25, 0.3) is 5.69 Å². The van der Waals surface area contributed by atoms with Gasteiger partial charge in [-0.1, -0.05) is 25.5 Å². The van der Waals surface area contributed by atoms with Gasteiger partial charge in [0.2, 0.25) is 0 Å². The van der Waals surface area contributed by atoms with E-state index >= 15 is 0 Å². The molecule has 0 saturated carbocycles. The van der Waals surface area contributed by atoms with Crippen LogP contribution in [0.4, 0.5) is 0 Å². The number of benzene rings is 1. The molecular weight excluding hydrogens is 354 g/mol. The monoisotopic (exact) mass is 387 g/mol.